The minimum absolute atomic E-state index is 0. The van der Waals surface area contributed by atoms with Crippen molar-refractivity contribution in [3.63, 3.8) is 0 Å². The molecule has 0 unspecified atom stereocenters. The van der Waals surface area contributed by atoms with Crippen LogP contribution in [0.2, 0.25) is 0 Å². The van der Waals surface area contributed by atoms with Crippen molar-refractivity contribution in [3.8, 4) is 0 Å². The predicted octanol–water partition coefficient (Wildman–Crippen LogP) is -0.849. The van der Waals surface area contributed by atoms with Crippen LogP contribution in [0.4, 0.5) is 0 Å². The third kappa shape index (κ3) is 9.36. The van der Waals surface area contributed by atoms with Crippen molar-refractivity contribution >= 4 is 11.9 Å². The van der Waals surface area contributed by atoms with E-state index in [0.29, 0.717) is 0 Å². The Kier molecular flexibility index (Phi) is 13.7. The first-order valence-electron chi connectivity index (χ1n) is 1.11. The van der Waals surface area contributed by atoms with Crippen LogP contribution < -0.4 is 0 Å². The van der Waals surface area contributed by atoms with Gasteiger partial charge in [-0.05, 0) is 0 Å². The number of aliphatic carboxylic acids is 2. The average Bonchev–Trinajstić information content (AvgIpc) is 1.36. The standard InChI is InChI=1S/C2H2O4.2Cu/c3-1(4)2(5)6;;/h(H,3,4)(H,5,6);;. The molecule has 0 aromatic rings. The Labute approximate surface area is 66.2 Å². The SMILES string of the molecule is O=C(O)C(=O)O.[Cu].[Cu]. The van der Waals surface area contributed by atoms with Gasteiger partial charge in [-0.25, -0.2) is 9.59 Å². The first-order chi connectivity index (χ1) is 2.64. The first-order valence-corrected chi connectivity index (χ1v) is 1.11. The van der Waals surface area contributed by atoms with Gasteiger partial charge in [0.1, 0.15) is 0 Å². The van der Waals surface area contributed by atoms with Crippen LogP contribution in [0, 0.1) is 0 Å². The van der Waals surface area contributed by atoms with Crippen molar-refractivity contribution in [2.45, 2.75) is 0 Å². The van der Waals surface area contributed by atoms with E-state index >= 15 is 0 Å². The van der Waals surface area contributed by atoms with Crippen molar-refractivity contribution in [1.82, 2.24) is 0 Å². The summed E-state index contributed by atoms with van der Waals surface area (Å²) in [6, 6.07) is 0. The normalized spacial score (nSPS) is 5.50. The summed E-state index contributed by atoms with van der Waals surface area (Å²) in [6.07, 6.45) is 0. The van der Waals surface area contributed by atoms with Crippen molar-refractivity contribution in [1.29, 1.82) is 0 Å². The molecule has 6 heteroatoms. The van der Waals surface area contributed by atoms with Crippen molar-refractivity contribution in [3.05, 3.63) is 0 Å². The summed E-state index contributed by atoms with van der Waals surface area (Å²) < 4.78 is 0. The van der Waals surface area contributed by atoms with Gasteiger partial charge in [-0.3, -0.25) is 0 Å². The van der Waals surface area contributed by atoms with Crippen LogP contribution in [0.3, 0.4) is 0 Å². The minimum atomic E-state index is -1.82. The summed E-state index contributed by atoms with van der Waals surface area (Å²) in [4.78, 5) is 18.2. The zero-order valence-electron chi connectivity index (χ0n) is 3.31. The van der Waals surface area contributed by atoms with Gasteiger partial charge in [0.25, 0.3) is 0 Å². The molecule has 0 amide bonds. The summed E-state index contributed by atoms with van der Waals surface area (Å²) in [7, 11) is 0. The summed E-state index contributed by atoms with van der Waals surface area (Å²) in [5.41, 5.74) is 0. The smallest absolute Gasteiger partial charge is 0.414 e. The number of carbonyl (C=O) groups is 2. The van der Waals surface area contributed by atoms with Crippen molar-refractivity contribution < 1.29 is 53.9 Å². The Morgan fingerprint density at radius 1 is 0.875 bits per heavy atom. The van der Waals surface area contributed by atoms with E-state index in [2.05, 4.69) is 0 Å². The van der Waals surface area contributed by atoms with Gasteiger partial charge in [0.2, 0.25) is 0 Å². The topological polar surface area (TPSA) is 74.6 Å². The Balaban J connectivity index is -0.000000125. The molecule has 0 aliphatic rings. The van der Waals surface area contributed by atoms with Crippen LogP contribution in [-0.2, 0) is 43.7 Å². The number of hydrogen-bond acceptors (Lipinski definition) is 2. The summed E-state index contributed by atoms with van der Waals surface area (Å²) >= 11 is 0. The van der Waals surface area contributed by atoms with E-state index < -0.39 is 11.9 Å². The van der Waals surface area contributed by atoms with Crippen molar-refractivity contribution in [2.24, 2.45) is 0 Å². The fourth-order valence-corrected chi connectivity index (χ4v) is 0. The van der Waals surface area contributed by atoms with E-state index in [4.69, 9.17) is 19.8 Å². The summed E-state index contributed by atoms with van der Waals surface area (Å²) in [5.74, 6) is -3.65. The van der Waals surface area contributed by atoms with Gasteiger partial charge in [0.15, 0.2) is 0 Å². The van der Waals surface area contributed by atoms with E-state index in [0.717, 1.165) is 0 Å². The Bertz CT molecular complexity index is 78.0. The van der Waals surface area contributed by atoms with Gasteiger partial charge >= 0.3 is 11.9 Å². The average molecular weight is 217 g/mol. The van der Waals surface area contributed by atoms with Crippen LogP contribution in [0.15, 0.2) is 0 Å². The van der Waals surface area contributed by atoms with Gasteiger partial charge < -0.3 is 10.2 Å². The molecular formula is C2H2Cu2O4. The van der Waals surface area contributed by atoms with Gasteiger partial charge in [0, 0.05) is 34.1 Å². The molecule has 0 spiro atoms. The second-order valence-corrected chi connectivity index (χ2v) is 0.610. The van der Waals surface area contributed by atoms with E-state index in [9.17, 15) is 0 Å². The Hall–Kier alpha value is -0.0210. The zero-order valence-corrected chi connectivity index (χ0v) is 5.20. The minimum Gasteiger partial charge on any atom is -0.473 e. The van der Waals surface area contributed by atoms with Crippen LogP contribution in [-0.4, -0.2) is 22.2 Å². The fraction of sp³-hybridized carbons (Fsp3) is 0. The predicted molar refractivity (Wildman–Crippen MR) is 15.3 cm³/mol. The molecule has 0 rings (SSSR count). The molecule has 56 valence electrons. The third-order valence-corrected chi connectivity index (χ3v) is 0.183. The molecule has 0 bridgehead atoms. The molecule has 8 heavy (non-hydrogen) atoms. The van der Waals surface area contributed by atoms with Gasteiger partial charge in [0.05, 0.1) is 0 Å². The summed E-state index contributed by atoms with van der Waals surface area (Å²) in [5, 5.41) is 14.8. The maximum absolute atomic E-state index is 9.10. The molecular weight excluding hydrogens is 215 g/mol. The molecule has 0 saturated heterocycles. The fourth-order valence-electron chi connectivity index (χ4n) is 0. The quantitative estimate of drug-likeness (QED) is 0.409. The molecule has 0 heterocycles. The first kappa shape index (κ1) is 15.7. The maximum Gasteiger partial charge on any atom is 0.414 e. The molecule has 0 fully saturated rings. The molecule has 0 saturated carbocycles. The summed E-state index contributed by atoms with van der Waals surface area (Å²) in [6.45, 7) is 0. The largest absolute Gasteiger partial charge is 0.473 e. The van der Waals surface area contributed by atoms with Crippen LogP contribution >= 0.6 is 0 Å². The van der Waals surface area contributed by atoms with E-state index in [-0.39, 0.29) is 34.1 Å². The monoisotopic (exact) mass is 216 g/mol. The molecule has 2 radical (unpaired) electrons. The number of rotatable bonds is 0. The van der Waals surface area contributed by atoms with Crippen LogP contribution in [0.25, 0.3) is 0 Å². The molecule has 0 aliphatic heterocycles. The number of carboxylic acids is 2. The molecule has 2 N–H and O–H groups in total. The van der Waals surface area contributed by atoms with Crippen LogP contribution in [0.1, 0.15) is 0 Å². The van der Waals surface area contributed by atoms with Gasteiger partial charge in [-0.1, -0.05) is 0 Å². The molecule has 0 aromatic heterocycles. The van der Waals surface area contributed by atoms with E-state index in [1.165, 1.54) is 0 Å². The van der Waals surface area contributed by atoms with Gasteiger partial charge in [-0.15, -0.1) is 0 Å². The van der Waals surface area contributed by atoms with Gasteiger partial charge in [-0.2, -0.15) is 0 Å². The van der Waals surface area contributed by atoms with Crippen molar-refractivity contribution in [2.75, 3.05) is 0 Å². The van der Waals surface area contributed by atoms with E-state index in [1.54, 1.807) is 0 Å². The van der Waals surface area contributed by atoms with E-state index in [1.807, 2.05) is 0 Å². The molecule has 0 atom stereocenters. The number of carboxylic acid groups (broad SMARTS) is 2. The third-order valence-electron chi connectivity index (χ3n) is 0.183. The Morgan fingerprint density at radius 3 is 1.00 bits per heavy atom. The second kappa shape index (κ2) is 6.98. The van der Waals surface area contributed by atoms with Crippen LogP contribution in [0.5, 0.6) is 0 Å². The second-order valence-electron chi connectivity index (χ2n) is 0.610. The maximum atomic E-state index is 9.10. The zero-order chi connectivity index (χ0) is 5.15. The molecule has 0 aliphatic carbocycles. The molecule has 4 nitrogen and oxygen atoms in total. The Morgan fingerprint density at radius 2 is 1.00 bits per heavy atom. The number of hydrogen-bond donors (Lipinski definition) is 2. The molecule has 0 aromatic carbocycles.